The number of aryl methyl sites for hydroxylation is 2. The first-order valence-electron chi connectivity index (χ1n) is 7.54. The maximum Gasteiger partial charge on any atom is 0.344 e. The Balaban J connectivity index is 2.34. The van der Waals surface area contributed by atoms with E-state index < -0.39 is 30.1 Å². The van der Waals surface area contributed by atoms with Crippen molar-refractivity contribution in [3.05, 3.63) is 29.3 Å². The van der Waals surface area contributed by atoms with Gasteiger partial charge in [0, 0.05) is 5.54 Å². The molecule has 0 spiro atoms. The topological polar surface area (TPSA) is 93.7 Å². The maximum absolute atomic E-state index is 11.6. The molecular formula is C17H24N2O5. The standard InChI is InChI=1S/C17H24N2O5/c1-11-6-7-12(2)13(8-11)23-10-15(21)24-9-14(20)18-16(22)19-17(3,4)5/h6-8H,9-10H2,1-5H3,(H2,18,19,20,22). The summed E-state index contributed by atoms with van der Waals surface area (Å²) in [5, 5.41) is 4.63. The molecule has 1 aromatic carbocycles. The smallest absolute Gasteiger partial charge is 0.344 e. The highest BCUT2D eigenvalue weighted by atomic mass is 16.6. The second-order valence-corrected chi connectivity index (χ2v) is 6.47. The third kappa shape index (κ3) is 7.62. The van der Waals surface area contributed by atoms with Gasteiger partial charge in [0.1, 0.15) is 5.75 Å². The number of hydrogen-bond donors (Lipinski definition) is 2. The number of rotatable bonds is 5. The Hall–Kier alpha value is -2.57. The van der Waals surface area contributed by atoms with Gasteiger partial charge in [-0.2, -0.15) is 0 Å². The molecule has 0 heterocycles. The quantitative estimate of drug-likeness (QED) is 0.800. The summed E-state index contributed by atoms with van der Waals surface area (Å²) in [7, 11) is 0. The van der Waals surface area contributed by atoms with Crippen LogP contribution in [0.5, 0.6) is 5.75 Å². The van der Waals surface area contributed by atoms with E-state index >= 15 is 0 Å². The Kier molecular flexibility index (Phi) is 6.76. The summed E-state index contributed by atoms with van der Waals surface area (Å²) in [6.07, 6.45) is 0. The lowest BCUT2D eigenvalue weighted by Crippen LogP contribution is -2.49. The van der Waals surface area contributed by atoms with Crippen LogP contribution in [-0.2, 0) is 14.3 Å². The molecule has 0 radical (unpaired) electrons. The van der Waals surface area contributed by atoms with E-state index in [0.717, 1.165) is 11.1 Å². The number of amides is 3. The van der Waals surface area contributed by atoms with Crippen LogP contribution in [0.3, 0.4) is 0 Å². The number of hydrogen-bond acceptors (Lipinski definition) is 5. The highest BCUT2D eigenvalue weighted by molar-refractivity contribution is 5.95. The largest absolute Gasteiger partial charge is 0.482 e. The Morgan fingerprint density at radius 1 is 1.08 bits per heavy atom. The molecule has 132 valence electrons. The van der Waals surface area contributed by atoms with Crippen LogP contribution < -0.4 is 15.4 Å². The predicted molar refractivity (Wildman–Crippen MR) is 88.8 cm³/mol. The number of imide groups is 1. The summed E-state index contributed by atoms with van der Waals surface area (Å²) in [5.41, 5.74) is 1.43. The van der Waals surface area contributed by atoms with Gasteiger partial charge in [-0.15, -0.1) is 0 Å². The average Bonchev–Trinajstić information content (AvgIpc) is 2.44. The van der Waals surface area contributed by atoms with Crippen molar-refractivity contribution < 1.29 is 23.9 Å². The molecule has 0 saturated carbocycles. The Labute approximate surface area is 141 Å². The Morgan fingerprint density at radius 3 is 2.38 bits per heavy atom. The number of nitrogens with one attached hydrogen (secondary N) is 2. The van der Waals surface area contributed by atoms with Crippen LogP contribution in [0.25, 0.3) is 0 Å². The highest BCUT2D eigenvalue weighted by Crippen LogP contribution is 2.18. The minimum atomic E-state index is -0.711. The number of carbonyl (C=O) groups excluding carboxylic acids is 3. The molecule has 7 heteroatoms. The zero-order valence-electron chi connectivity index (χ0n) is 14.7. The van der Waals surface area contributed by atoms with E-state index in [4.69, 9.17) is 9.47 Å². The second-order valence-electron chi connectivity index (χ2n) is 6.47. The van der Waals surface area contributed by atoms with Gasteiger partial charge in [0.15, 0.2) is 13.2 Å². The normalized spacial score (nSPS) is 10.7. The van der Waals surface area contributed by atoms with Crippen molar-refractivity contribution in [2.75, 3.05) is 13.2 Å². The van der Waals surface area contributed by atoms with E-state index in [-0.39, 0.29) is 6.61 Å². The molecule has 0 aromatic heterocycles. The minimum absolute atomic E-state index is 0.314. The van der Waals surface area contributed by atoms with Crippen LogP contribution in [0.2, 0.25) is 0 Å². The summed E-state index contributed by atoms with van der Waals surface area (Å²) in [4.78, 5) is 34.6. The van der Waals surface area contributed by atoms with Gasteiger partial charge in [-0.25, -0.2) is 9.59 Å². The van der Waals surface area contributed by atoms with Crippen molar-refractivity contribution in [2.24, 2.45) is 0 Å². The summed E-state index contributed by atoms with van der Waals surface area (Å²) in [6, 6.07) is 4.99. The number of benzene rings is 1. The van der Waals surface area contributed by atoms with Gasteiger partial charge in [-0.1, -0.05) is 12.1 Å². The molecule has 0 saturated heterocycles. The van der Waals surface area contributed by atoms with Crippen molar-refractivity contribution in [1.29, 1.82) is 0 Å². The molecule has 3 amide bonds. The van der Waals surface area contributed by atoms with Crippen molar-refractivity contribution >= 4 is 17.9 Å². The molecule has 0 fully saturated rings. The maximum atomic E-state index is 11.6. The van der Waals surface area contributed by atoms with Gasteiger partial charge >= 0.3 is 12.0 Å². The minimum Gasteiger partial charge on any atom is -0.482 e. The summed E-state index contributed by atoms with van der Waals surface area (Å²) < 4.78 is 10.1. The summed E-state index contributed by atoms with van der Waals surface area (Å²) in [5.74, 6) is -0.819. The first kappa shape index (κ1) is 19.5. The van der Waals surface area contributed by atoms with E-state index in [2.05, 4.69) is 10.6 Å². The number of esters is 1. The summed E-state index contributed by atoms with van der Waals surface area (Å²) >= 11 is 0. The lowest BCUT2D eigenvalue weighted by molar-refractivity contribution is -0.150. The first-order valence-corrected chi connectivity index (χ1v) is 7.54. The number of urea groups is 1. The molecule has 0 aliphatic heterocycles. The fraction of sp³-hybridized carbons (Fsp3) is 0.471. The number of carbonyl (C=O) groups is 3. The zero-order valence-corrected chi connectivity index (χ0v) is 14.7. The highest BCUT2D eigenvalue weighted by Gasteiger charge is 2.16. The van der Waals surface area contributed by atoms with Crippen LogP contribution in [0.1, 0.15) is 31.9 Å². The average molecular weight is 336 g/mol. The Bertz CT molecular complexity index is 620. The molecule has 1 aromatic rings. The van der Waals surface area contributed by atoms with Gasteiger partial charge in [0.05, 0.1) is 0 Å². The molecule has 24 heavy (non-hydrogen) atoms. The first-order chi connectivity index (χ1) is 11.1. The van der Waals surface area contributed by atoms with Crippen LogP contribution in [0.15, 0.2) is 18.2 Å². The molecular weight excluding hydrogens is 312 g/mol. The van der Waals surface area contributed by atoms with E-state index in [1.807, 2.05) is 32.0 Å². The van der Waals surface area contributed by atoms with E-state index in [0.29, 0.717) is 5.75 Å². The number of ether oxygens (including phenoxy) is 2. The van der Waals surface area contributed by atoms with Crippen molar-refractivity contribution in [2.45, 2.75) is 40.2 Å². The SMILES string of the molecule is Cc1ccc(C)c(OCC(=O)OCC(=O)NC(=O)NC(C)(C)C)c1. The molecule has 7 nitrogen and oxygen atoms in total. The molecule has 0 aliphatic carbocycles. The predicted octanol–water partition coefficient (Wildman–Crippen LogP) is 1.85. The third-order valence-corrected chi connectivity index (χ3v) is 2.79. The van der Waals surface area contributed by atoms with Gasteiger partial charge in [-0.05, 0) is 51.8 Å². The van der Waals surface area contributed by atoms with Gasteiger partial charge < -0.3 is 14.8 Å². The van der Waals surface area contributed by atoms with Crippen LogP contribution in [-0.4, -0.2) is 36.7 Å². The van der Waals surface area contributed by atoms with Gasteiger partial charge in [0.25, 0.3) is 5.91 Å². The second kappa shape index (κ2) is 8.33. The lowest BCUT2D eigenvalue weighted by Gasteiger charge is -2.20. The van der Waals surface area contributed by atoms with E-state index in [9.17, 15) is 14.4 Å². The molecule has 2 N–H and O–H groups in total. The van der Waals surface area contributed by atoms with Crippen molar-refractivity contribution in [3.63, 3.8) is 0 Å². The van der Waals surface area contributed by atoms with E-state index in [1.165, 1.54) is 0 Å². The lowest BCUT2D eigenvalue weighted by atomic mass is 10.1. The fourth-order valence-electron chi connectivity index (χ4n) is 1.72. The monoisotopic (exact) mass is 336 g/mol. The van der Waals surface area contributed by atoms with Crippen LogP contribution in [0, 0.1) is 13.8 Å². The van der Waals surface area contributed by atoms with Crippen LogP contribution in [0.4, 0.5) is 4.79 Å². The van der Waals surface area contributed by atoms with Gasteiger partial charge in [-0.3, -0.25) is 10.1 Å². The molecule has 0 atom stereocenters. The zero-order chi connectivity index (χ0) is 18.3. The fourth-order valence-corrected chi connectivity index (χ4v) is 1.72. The molecule has 0 aliphatic rings. The molecule has 0 bridgehead atoms. The molecule has 1 rings (SSSR count). The van der Waals surface area contributed by atoms with Gasteiger partial charge in [0.2, 0.25) is 0 Å². The Morgan fingerprint density at radius 2 is 1.75 bits per heavy atom. The third-order valence-electron chi connectivity index (χ3n) is 2.79. The van der Waals surface area contributed by atoms with Crippen molar-refractivity contribution in [3.8, 4) is 5.75 Å². The van der Waals surface area contributed by atoms with Crippen LogP contribution >= 0.6 is 0 Å². The molecule has 0 unspecified atom stereocenters. The van der Waals surface area contributed by atoms with E-state index in [1.54, 1.807) is 20.8 Å². The van der Waals surface area contributed by atoms with Crippen molar-refractivity contribution in [1.82, 2.24) is 10.6 Å². The summed E-state index contributed by atoms with van der Waals surface area (Å²) in [6.45, 7) is 8.25.